The summed E-state index contributed by atoms with van der Waals surface area (Å²) in [6.07, 6.45) is 18.6. The number of nitrogens with one attached hydrogen (secondary N) is 1. The Labute approximate surface area is 122 Å². The quantitative estimate of drug-likeness (QED) is 0.363. The third-order valence-electron chi connectivity index (χ3n) is 4.17. The van der Waals surface area contributed by atoms with Gasteiger partial charge >= 0.3 is 0 Å². The van der Waals surface area contributed by atoms with E-state index in [0.717, 1.165) is 5.92 Å². The van der Waals surface area contributed by atoms with Crippen molar-refractivity contribution in [1.29, 1.82) is 0 Å². The second-order valence-corrected chi connectivity index (χ2v) is 6.18. The lowest BCUT2D eigenvalue weighted by Crippen LogP contribution is -2.18. The monoisotopic (exact) mass is 269 g/mol. The molecule has 1 N–H and O–H groups in total. The van der Waals surface area contributed by atoms with Crippen LogP contribution >= 0.6 is 0 Å². The van der Waals surface area contributed by atoms with E-state index in [9.17, 15) is 0 Å². The van der Waals surface area contributed by atoms with Gasteiger partial charge in [-0.25, -0.2) is 0 Å². The summed E-state index contributed by atoms with van der Waals surface area (Å²) >= 11 is 0. The molecule has 1 atom stereocenters. The Hall–Kier alpha value is -0.0400. The molecule has 0 fully saturated rings. The Balaban J connectivity index is 3.45. The minimum atomic E-state index is 0.929. The van der Waals surface area contributed by atoms with Crippen LogP contribution in [0.4, 0.5) is 0 Å². The van der Waals surface area contributed by atoms with E-state index in [1.54, 1.807) is 0 Å². The largest absolute Gasteiger partial charge is 0.319 e. The maximum Gasteiger partial charge on any atom is -0.00235 e. The van der Waals surface area contributed by atoms with Gasteiger partial charge in [0.05, 0.1) is 0 Å². The molecular weight excluding hydrogens is 230 g/mol. The second-order valence-electron chi connectivity index (χ2n) is 6.18. The molecule has 0 aromatic carbocycles. The van der Waals surface area contributed by atoms with E-state index in [-0.39, 0.29) is 0 Å². The van der Waals surface area contributed by atoms with Crippen molar-refractivity contribution in [3.05, 3.63) is 0 Å². The van der Waals surface area contributed by atoms with Crippen LogP contribution in [-0.2, 0) is 0 Å². The number of rotatable bonds is 15. The van der Waals surface area contributed by atoms with E-state index in [0.29, 0.717) is 0 Å². The van der Waals surface area contributed by atoms with Crippen molar-refractivity contribution in [2.75, 3.05) is 13.6 Å². The van der Waals surface area contributed by atoms with Gasteiger partial charge in [-0.05, 0) is 32.4 Å². The molecule has 0 radical (unpaired) electrons. The van der Waals surface area contributed by atoms with Gasteiger partial charge in [0.25, 0.3) is 0 Å². The summed E-state index contributed by atoms with van der Waals surface area (Å²) in [7, 11) is 2.10. The predicted molar refractivity (Wildman–Crippen MR) is 88.8 cm³/mol. The molecule has 1 nitrogen and oxygen atoms in total. The highest BCUT2D eigenvalue weighted by molar-refractivity contribution is 4.62. The summed E-state index contributed by atoms with van der Waals surface area (Å²) in [6, 6.07) is 0. The Morgan fingerprint density at radius 1 is 0.632 bits per heavy atom. The van der Waals surface area contributed by atoms with Gasteiger partial charge in [0.1, 0.15) is 0 Å². The van der Waals surface area contributed by atoms with Crippen LogP contribution in [0.5, 0.6) is 0 Å². The molecule has 116 valence electrons. The van der Waals surface area contributed by atoms with Crippen LogP contribution in [0, 0.1) is 5.92 Å². The number of hydrogen-bond donors (Lipinski definition) is 1. The molecule has 0 aromatic rings. The lowest BCUT2D eigenvalue weighted by Gasteiger charge is -2.16. The maximum atomic E-state index is 3.38. The number of unbranched alkanes of at least 4 members (excludes halogenated alkanes) is 9. The van der Waals surface area contributed by atoms with Crippen LogP contribution in [0.25, 0.3) is 0 Å². The molecule has 0 amide bonds. The molecule has 0 heterocycles. The van der Waals surface area contributed by atoms with Gasteiger partial charge in [-0.2, -0.15) is 0 Å². The Morgan fingerprint density at radius 2 is 1.05 bits per heavy atom. The standard InChI is InChI=1S/C18H39N/c1-4-6-8-10-12-14-16-18(17-19-3)15-13-11-9-7-5-2/h18-19H,4-17H2,1-3H3. The smallest absolute Gasteiger partial charge is 0.00235 e. The molecule has 19 heavy (non-hydrogen) atoms. The van der Waals surface area contributed by atoms with Gasteiger partial charge in [0.15, 0.2) is 0 Å². The maximum absolute atomic E-state index is 3.38. The van der Waals surface area contributed by atoms with Crippen LogP contribution < -0.4 is 5.32 Å². The molecule has 0 spiro atoms. The van der Waals surface area contributed by atoms with Crippen molar-refractivity contribution in [2.24, 2.45) is 5.92 Å². The first-order valence-corrected chi connectivity index (χ1v) is 8.99. The van der Waals surface area contributed by atoms with E-state index in [2.05, 4.69) is 26.2 Å². The lowest BCUT2D eigenvalue weighted by atomic mass is 9.94. The molecular formula is C18H39N. The fraction of sp³-hybridized carbons (Fsp3) is 1.00. The van der Waals surface area contributed by atoms with Gasteiger partial charge in [-0.1, -0.05) is 84.5 Å². The van der Waals surface area contributed by atoms with E-state index in [4.69, 9.17) is 0 Å². The summed E-state index contributed by atoms with van der Waals surface area (Å²) in [5.74, 6) is 0.929. The topological polar surface area (TPSA) is 12.0 Å². The number of hydrogen-bond acceptors (Lipinski definition) is 1. The van der Waals surface area contributed by atoms with Crippen molar-refractivity contribution in [3.63, 3.8) is 0 Å². The molecule has 0 bridgehead atoms. The lowest BCUT2D eigenvalue weighted by molar-refractivity contribution is 0.392. The molecule has 0 aliphatic heterocycles. The molecule has 0 aliphatic carbocycles. The van der Waals surface area contributed by atoms with E-state index in [1.807, 2.05) is 0 Å². The molecule has 1 unspecified atom stereocenters. The first kappa shape index (κ1) is 19.0. The Morgan fingerprint density at radius 3 is 1.47 bits per heavy atom. The summed E-state index contributed by atoms with van der Waals surface area (Å²) in [4.78, 5) is 0. The van der Waals surface area contributed by atoms with E-state index < -0.39 is 0 Å². The van der Waals surface area contributed by atoms with Crippen LogP contribution in [0.3, 0.4) is 0 Å². The summed E-state index contributed by atoms with van der Waals surface area (Å²) in [5.41, 5.74) is 0. The Kier molecular flexibility index (Phi) is 16.0. The Bertz CT molecular complexity index is 156. The average Bonchev–Trinajstić information content (AvgIpc) is 2.42. The first-order valence-electron chi connectivity index (χ1n) is 8.99. The fourth-order valence-corrected chi connectivity index (χ4v) is 2.89. The molecule has 1 heteroatoms. The van der Waals surface area contributed by atoms with Gasteiger partial charge in [-0.3, -0.25) is 0 Å². The van der Waals surface area contributed by atoms with Gasteiger partial charge in [0, 0.05) is 0 Å². The zero-order valence-corrected chi connectivity index (χ0v) is 14.0. The molecule has 0 saturated heterocycles. The third kappa shape index (κ3) is 14.2. The summed E-state index contributed by atoms with van der Waals surface area (Å²) in [5, 5.41) is 3.38. The third-order valence-corrected chi connectivity index (χ3v) is 4.17. The predicted octanol–water partition coefficient (Wildman–Crippen LogP) is 5.93. The summed E-state index contributed by atoms with van der Waals surface area (Å²) in [6.45, 7) is 5.81. The highest BCUT2D eigenvalue weighted by atomic mass is 14.8. The van der Waals surface area contributed by atoms with Crippen LogP contribution in [0.2, 0.25) is 0 Å². The average molecular weight is 270 g/mol. The van der Waals surface area contributed by atoms with Crippen molar-refractivity contribution in [2.45, 2.75) is 97.3 Å². The van der Waals surface area contributed by atoms with E-state index >= 15 is 0 Å². The molecule has 0 aromatic heterocycles. The van der Waals surface area contributed by atoms with Crippen LogP contribution in [0.1, 0.15) is 97.3 Å². The molecule has 0 rings (SSSR count). The SMILES string of the molecule is CCCCCCCCC(CCCCCCC)CNC. The normalized spacial score (nSPS) is 12.8. The van der Waals surface area contributed by atoms with Crippen LogP contribution in [-0.4, -0.2) is 13.6 Å². The first-order chi connectivity index (χ1) is 9.35. The zero-order chi connectivity index (χ0) is 14.2. The minimum absolute atomic E-state index is 0.929. The van der Waals surface area contributed by atoms with E-state index in [1.165, 1.54) is 90.0 Å². The minimum Gasteiger partial charge on any atom is -0.319 e. The van der Waals surface area contributed by atoms with Crippen molar-refractivity contribution in [1.82, 2.24) is 5.32 Å². The summed E-state index contributed by atoms with van der Waals surface area (Å²) < 4.78 is 0. The zero-order valence-electron chi connectivity index (χ0n) is 14.0. The van der Waals surface area contributed by atoms with Crippen molar-refractivity contribution in [3.8, 4) is 0 Å². The van der Waals surface area contributed by atoms with Crippen molar-refractivity contribution >= 4 is 0 Å². The molecule has 0 aliphatic rings. The highest BCUT2D eigenvalue weighted by Gasteiger charge is 2.07. The van der Waals surface area contributed by atoms with Gasteiger partial charge in [0.2, 0.25) is 0 Å². The fourth-order valence-electron chi connectivity index (χ4n) is 2.89. The van der Waals surface area contributed by atoms with Gasteiger partial charge < -0.3 is 5.32 Å². The second kappa shape index (κ2) is 16.0. The van der Waals surface area contributed by atoms with Crippen molar-refractivity contribution < 1.29 is 0 Å². The molecule has 0 saturated carbocycles. The van der Waals surface area contributed by atoms with Crippen LogP contribution in [0.15, 0.2) is 0 Å². The van der Waals surface area contributed by atoms with Gasteiger partial charge in [-0.15, -0.1) is 0 Å². The highest BCUT2D eigenvalue weighted by Crippen LogP contribution is 2.18.